The maximum atomic E-state index is 11.7. The molecular weight excluding hydrogens is 300 g/mol. The van der Waals surface area contributed by atoms with Gasteiger partial charge in [0.15, 0.2) is 5.78 Å². The lowest BCUT2D eigenvalue weighted by atomic mass is 10.2. The lowest BCUT2D eigenvalue weighted by molar-refractivity contribution is 0.0756. The standard InChI is InChI=1S/C13H19BrO2S/c1-2-3-4-5-6-9-16-10-11(15)12-7-8-13(14)17-12/h7-8H,2-6,9-10H2,1H3. The highest BCUT2D eigenvalue weighted by molar-refractivity contribution is 9.11. The van der Waals surface area contributed by atoms with Gasteiger partial charge in [-0.05, 0) is 34.5 Å². The molecule has 1 aromatic rings. The summed E-state index contributed by atoms with van der Waals surface area (Å²) < 4.78 is 6.37. The number of hydrogen-bond acceptors (Lipinski definition) is 3. The Balaban J connectivity index is 2.05. The van der Waals surface area contributed by atoms with E-state index in [1.807, 2.05) is 12.1 Å². The van der Waals surface area contributed by atoms with Gasteiger partial charge in [-0.2, -0.15) is 0 Å². The first kappa shape index (κ1) is 14.9. The fraction of sp³-hybridized carbons (Fsp3) is 0.615. The third kappa shape index (κ3) is 6.34. The predicted octanol–water partition coefficient (Wildman–Crippen LogP) is 4.68. The number of carbonyl (C=O) groups is 1. The van der Waals surface area contributed by atoms with Crippen molar-refractivity contribution >= 4 is 33.0 Å². The molecule has 4 heteroatoms. The van der Waals surface area contributed by atoms with Crippen LogP contribution in [-0.2, 0) is 4.74 Å². The van der Waals surface area contributed by atoms with Crippen LogP contribution < -0.4 is 0 Å². The van der Waals surface area contributed by atoms with E-state index >= 15 is 0 Å². The minimum Gasteiger partial charge on any atom is -0.373 e. The molecule has 0 aliphatic carbocycles. The van der Waals surface area contributed by atoms with E-state index in [4.69, 9.17) is 4.74 Å². The number of hydrogen-bond donors (Lipinski definition) is 0. The molecule has 0 saturated heterocycles. The van der Waals surface area contributed by atoms with Gasteiger partial charge in [-0.3, -0.25) is 4.79 Å². The van der Waals surface area contributed by atoms with Crippen LogP contribution in [0.4, 0.5) is 0 Å². The maximum absolute atomic E-state index is 11.7. The lowest BCUT2D eigenvalue weighted by Gasteiger charge is -2.02. The second-order valence-electron chi connectivity index (χ2n) is 3.99. The number of Topliss-reactive ketones (excluding diaryl/α,β-unsaturated/α-hetero) is 1. The molecule has 0 aromatic carbocycles. The topological polar surface area (TPSA) is 26.3 Å². The zero-order chi connectivity index (χ0) is 12.5. The van der Waals surface area contributed by atoms with E-state index in [1.165, 1.54) is 37.0 Å². The summed E-state index contributed by atoms with van der Waals surface area (Å²) in [6, 6.07) is 3.73. The molecule has 1 rings (SSSR count). The predicted molar refractivity (Wildman–Crippen MR) is 75.9 cm³/mol. The molecule has 2 nitrogen and oxygen atoms in total. The normalized spacial score (nSPS) is 10.7. The molecule has 0 amide bonds. The van der Waals surface area contributed by atoms with Crippen LogP contribution >= 0.6 is 27.3 Å². The van der Waals surface area contributed by atoms with Crippen molar-refractivity contribution in [1.82, 2.24) is 0 Å². The second-order valence-corrected chi connectivity index (χ2v) is 6.46. The Bertz CT molecular complexity index is 336. The third-order valence-electron chi connectivity index (χ3n) is 2.47. The molecule has 0 radical (unpaired) electrons. The maximum Gasteiger partial charge on any atom is 0.198 e. The molecule has 0 aliphatic rings. The molecule has 0 aliphatic heterocycles. The van der Waals surface area contributed by atoms with E-state index in [0.717, 1.165) is 15.1 Å². The molecule has 0 unspecified atom stereocenters. The van der Waals surface area contributed by atoms with Crippen molar-refractivity contribution < 1.29 is 9.53 Å². The molecule has 96 valence electrons. The highest BCUT2D eigenvalue weighted by Gasteiger charge is 2.08. The van der Waals surface area contributed by atoms with Crippen LogP contribution in [0.1, 0.15) is 48.7 Å². The second kappa shape index (κ2) is 8.84. The lowest BCUT2D eigenvalue weighted by Crippen LogP contribution is -2.08. The van der Waals surface area contributed by atoms with Crippen LogP contribution in [-0.4, -0.2) is 19.0 Å². The zero-order valence-corrected chi connectivity index (χ0v) is 12.6. The average molecular weight is 319 g/mol. The monoisotopic (exact) mass is 318 g/mol. The number of ketones is 1. The Labute approximate surface area is 115 Å². The number of ether oxygens (including phenoxy) is 1. The van der Waals surface area contributed by atoms with Gasteiger partial charge in [-0.1, -0.05) is 32.6 Å². The van der Waals surface area contributed by atoms with Gasteiger partial charge in [0, 0.05) is 6.61 Å². The third-order valence-corrected chi connectivity index (χ3v) is 4.14. The van der Waals surface area contributed by atoms with Crippen molar-refractivity contribution in [2.24, 2.45) is 0 Å². The Morgan fingerprint density at radius 1 is 1.29 bits per heavy atom. The van der Waals surface area contributed by atoms with E-state index < -0.39 is 0 Å². The highest BCUT2D eigenvalue weighted by Crippen LogP contribution is 2.22. The highest BCUT2D eigenvalue weighted by atomic mass is 79.9. The molecule has 0 spiro atoms. The molecule has 1 aromatic heterocycles. The number of halogens is 1. The van der Waals surface area contributed by atoms with Gasteiger partial charge in [-0.25, -0.2) is 0 Å². The van der Waals surface area contributed by atoms with Gasteiger partial charge in [0.2, 0.25) is 0 Å². The van der Waals surface area contributed by atoms with Gasteiger partial charge in [0.05, 0.1) is 8.66 Å². The first-order valence-electron chi connectivity index (χ1n) is 6.10. The average Bonchev–Trinajstić information content (AvgIpc) is 2.74. The van der Waals surface area contributed by atoms with Crippen LogP contribution in [0, 0.1) is 0 Å². The Kier molecular flexibility index (Phi) is 7.73. The number of thiophene rings is 1. The van der Waals surface area contributed by atoms with Gasteiger partial charge < -0.3 is 4.74 Å². The minimum atomic E-state index is 0.0780. The Hall–Kier alpha value is -0.190. The first-order chi connectivity index (χ1) is 8.24. The first-order valence-corrected chi connectivity index (χ1v) is 7.71. The van der Waals surface area contributed by atoms with Crippen molar-refractivity contribution in [1.29, 1.82) is 0 Å². The summed E-state index contributed by atoms with van der Waals surface area (Å²) >= 11 is 4.80. The summed E-state index contributed by atoms with van der Waals surface area (Å²) in [5.74, 6) is 0.0780. The summed E-state index contributed by atoms with van der Waals surface area (Å²) in [6.07, 6.45) is 6.08. The van der Waals surface area contributed by atoms with E-state index in [2.05, 4.69) is 22.9 Å². The largest absolute Gasteiger partial charge is 0.373 e. The summed E-state index contributed by atoms with van der Waals surface area (Å²) in [5.41, 5.74) is 0. The smallest absolute Gasteiger partial charge is 0.198 e. The molecule has 1 heterocycles. The molecule has 0 bridgehead atoms. The summed E-state index contributed by atoms with van der Waals surface area (Å²) in [6.45, 7) is 3.11. The molecular formula is C13H19BrO2S. The van der Waals surface area contributed by atoms with Crippen LogP contribution in [0.25, 0.3) is 0 Å². The summed E-state index contributed by atoms with van der Waals surface area (Å²) in [5, 5.41) is 0. The van der Waals surface area contributed by atoms with Crippen molar-refractivity contribution in [2.75, 3.05) is 13.2 Å². The minimum absolute atomic E-state index is 0.0780. The fourth-order valence-electron chi connectivity index (χ4n) is 1.51. The molecule has 0 N–H and O–H groups in total. The molecule has 17 heavy (non-hydrogen) atoms. The zero-order valence-electron chi connectivity index (χ0n) is 10.2. The van der Waals surface area contributed by atoms with Crippen molar-refractivity contribution in [3.63, 3.8) is 0 Å². The van der Waals surface area contributed by atoms with Crippen molar-refractivity contribution in [3.05, 3.63) is 20.8 Å². The van der Waals surface area contributed by atoms with Gasteiger partial charge in [-0.15, -0.1) is 11.3 Å². The number of carbonyl (C=O) groups excluding carboxylic acids is 1. The van der Waals surface area contributed by atoms with E-state index in [-0.39, 0.29) is 12.4 Å². The van der Waals surface area contributed by atoms with Gasteiger partial charge >= 0.3 is 0 Å². The van der Waals surface area contributed by atoms with Crippen molar-refractivity contribution in [2.45, 2.75) is 39.0 Å². The summed E-state index contributed by atoms with van der Waals surface area (Å²) in [4.78, 5) is 12.4. The van der Waals surface area contributed by atoms with Crippen LogP contribution in [0.3, 0.4) is 0 Å². The van der Waals surface area contributed by atoms with Crippen LogP contribution in [0.5, 0.6) is 0 Å². The Morgan fingerprint density at radius 3 is 2.71 bits per heavy atom. The van der Waals surface area contributed by atoms with Gasteiger partial charge in [0.25, 0.3) is 0 Å². The van der Waals surface area contributed by atoms with Gasteiger partial charge in [0.1, 0.15) is 6.61 Å². The number of rotatable bonds is 9. The summed E-state index contributed by atoms with van der Waals surface area (Å²) in [7, 11) is 0. The van der Waals surface area contributed by atoms with E-state index in [9.17, 15) is 4.79 Å². The quantitative estimate of drug-likeness (QED) is 0.488. The molecule has 0 fully saturated rings. The molecule has 0 atom stereocenters. The molecule has 0 saturated carbocycles. The Morgan fingerprint density at radius 2 is 2.06 bits per heavy atom. The SMILES string of the molecule is CCCCCCCOCC(=O)c1ccc(Br)s1. The number of unbranched alkanes of at least 4 members (excludes halogenated alkanes) is 4. The van der Waals surface area contributed by atoms with E-state index in [0.29, 0.717) is 6.61 Å². The fourth-order valence-corrected chi connectivity index (χ4v) is 2.82. The van der Waals surface area contributed by atoms with Crippen LogP contribution in [0.2, 0.25) is 0 Å². The van der Waals surface area contributed by atoms with Crippen LogP contribution in [0.15, 0.2) is 15.9 Å². The van der Waals surface area contributed by atoms with Crippen molar-refractivity contribution in [3.8, 4) is 0 Å². The van der Waals surface area contributed by atoms with E-state index in [1.54, 1.807) is 0 Å².